The normalized spacial score (nSPS) is 10.4. The zero-order valence-electron chi connectivity index (χ0n) is 15.4. The van der Waals surface area contributed by atoms with Crippen LogP contribution in [0.4, 0.5) is 0 Å². The van der Waals surface area contributed by atoms with Crippen LogP contribution in [0.15, 0.2) is 24.3 Å². The van der Waals surface area contributed by atoms with E-state index in [1.165, 1.54) is 50.5 Å². The fraction of sp³-hybridized carbons (Fsp3) is 0.647. The van der Waals surface area contributed by atoms with E-state index in [9.17, 15) is 0 Å². The maximum atomic E-state index is 8.77. The Kier molecular flexibility index (Phi) is 17.4. The van der Waals surface area contributed by atoms with Gasteiger partial charge >= 0.3 is 0 Å². The molecule has 0 saturated heterocycles. The van der Waals surface area contributed by atoms with Crippen molar-refractivity contribution in [1.29, 1.82) is 0 Å². The van der Waals surface area contributed by atoms with E-state index in [1.807, 2.05) is 12.1 Å². The van der Waals surface area contributed by atoms with E-state index < -0.39 is 7.82 Å². The van der Waals surface area contributed by atoms with Crippen molar-refractivity contribution in [2.24, 2.45) is 0 Å². The quantitative estimate of drug-likeness (QED) is 0.343. The molecule has 0 aliphatic rings. The molecule has 0 heterocycles. The fourth-order valence-electron chi connectivity index (χ4n) is 2.24. The average molecular weight is 379 g/mol. The number of aliphatic hydroxyl groups excluding tert-OH is 1. The minimum absolute atomic E-state index is 0. The average Bonchev–Trinajstić information content (AvgIpc) is 2.51. The predicted molar refractivity (Wildman–Crippen MR) is 98.7 cm³/mol. The monoisotopic (exact) mass is 379 g/mol. The summed E-state index contributed by atoms with van der Waals surface area (Å²) in [5, 5.41) is 8.73. The second kappa shape index (κ2) is 16.5. The Bertz CT molecular complexity index is 458. The molecule has 1 aromatic rings. The van der Waals surface area contributed by atoms with Crippen molar-refractivity contribution >= 4 is 7.82 Å². The summed E-state index contributed by atoms with van der Waals surface area (Å²) >= 11 is 0. The first kappa shape index (κ1) is 26.3. The molecule has 0 aliphatic heterocycles. The second-order valence-corrected chi connectivity index (χ2v) is 6.56. The van der Waals surface area contributed by atoms with Gasteiger partial charge in [0, 0.05) is 0 Å². The molecular weight excluding hydrogens is 345 g/mol. The number of benzene rings is 1. The van der Waals surface area contributed by atoms with Crippen molar-refractivity contribution < 1.29 is 29.1 Å². The van der Waals surface area contributed by atoms with Crippen LogP contribution in [0.5, 0.6) is 5.75 Å². The largest absolute Gasteiger partial charge is 0.756 e. The summed E-state index contributed by atoms with van der Waals surface area (Å²) < 4.78 is 14.2. The lowest BCUT2D eigenvalue weighted by Gasteiger charge is -2.07. The zero-order valence-corrected chi connectivity index (χ0v) is 16.3. The van der Waals surface area contributed by atoms with Gasteiger partial charge in [-0.05, 0) is 30.5 Å². The van der Waals surface area contributed by atoms with Crippen LogP contribution in [0, 0.1) is 0 Å². The molecule has 148 valence electrons. The molecule has 0 bridgehead atoms. The van der Waals surface area contributed by atoms with Gasteiger partial charge in [-0.25, -0.2) is 0 Å². The first-order valence-corrected chi connectivity index (χ1v) is 9.99. The first-order valence-electron chi connectivity index (χ1n) is 8.46. The summed E-state index contributed by atoms with van der Waals surface area (Å²) in [5.41, 5.74) is 1.34. The van der Waals surface area contributed by atoms with Crippen LogP contribution in [-0.4, -0.2) is 28.1 Å². The third kappa shape index (κ3) is 21.0. The molecule has 0 atom stereocenters. The number of phosphoric acid groups is 1. The lowest BCUT2D eigenvalue weighted by atomic mass is 10.0. The Hall–Kier alpha value is -0.950. The Balaban J connectivity index is 0. The van der Waals surface area contributed by atoms with Gasteiger partial charge in [-0.3, -0.25) is 4.57 Å². The number of aliphatic hydroxyl groups is 1. The standard InChI is InChI=1S/C17H28O2.H3N.H3O4P/c1-2-3-4-5-6-7-8-10-16-11-9-12-17(15-16)19-14-13-18;;1-5(2,3)4/h9,11-12,15,18H,2-8,10,13-14H2,1H3;1H3;(H3,1,2,3,4). The maximum Gasteiger partial charge on any atom is 0.262 e. The van der Waals surface area contributed by atoms with Gasteiger partial charge in [-0.15, -0.1) is 0 Å². The second-order valence-electron chi connectivity index (χ2n) is 5.58. The number of ether oxygens (including phenoxy) is 1. The smallest absolute Gasteiger partial charge is 0.262 e. The Morgan fingerprint density at radius 1 is 1.08 bits per heavy atom. The van der Waals surface area contributed by atoms with Crippen LogP contribution in [0.3, 0.4) is 0 Å². The van der Waals surface area contributed by atoms with Gasteiger partial charge < -0.3 is 30.7 Å². The van der Waals surface area contributed by atoms with Crippen molar-refractivity contribution in [3.63, 3.8) is 0 Å². The molecule has 0 amide bonds. The van der Waals surface area contributed by atoms with E-state index in [1.54, 1.807) is 0 Å². The number of hydrogen-bond acceptors (Lipinski definition) is 4. The topological polar surface area (TPSA) is 147 Å². The predicted octanol–water partition coefficient (Wildman–Crippen LogP) is 3.17. The van der Waals surface area contributed by atoms with E-state index in [4.69, 9.17) is 29.1 Å². The molecule has 0 saturated carbocycles. The molecule has 1 rings (SSSR count). The molecule has 8 heteroatoms. The molecule has 1 aromatic carbocycles. The Morgan fingerprint density at radius 3 is 2.20 bits per heavy atom. The summed E-state index contributed by atoms with van der Waals surface area (Å²) in [6.45, 7) is 2.70. The van der Waals surface area contributed by atoms with Crippen molar-refractivity contribution in [2.75, 3.05) is 13.2 Å². The first-order chi connectivity index (χ1) is 11.4. The van der Waals surface area contributed by atoms with Crippen molar-refractivity contribution in [3.8, 4) is 5.75 Å². The van der Waals surface area contributed by atoms with Gasteiger partial charge in [0.05, 0.1) is 6.61 Å². The summed E-state index contributed by atoms with van der Waals surface area (Å²) in [5.74, 6) is 0.870. The van der Waals surface area contributed by atoms with Gasteiger partial charge in [0.25, 0.3) is 7.82 Å². The van der Waals surface area contributed by atoms with E-state index in [2.05, 4.69) is 19.1 Å². The van der Waals surface area contributed by atoms with Gasteiger partial charge in [0.1, 0.15) is 12.4 Å². The molecule has 0 aliphatic carbocycles. The van der Waals surface area contributed by atoms with Crippen molar-refractivity contribution in [2.45, 2.75) is 58.3 Å². The van der Waals surface area contributed by atoms with E-state index in [0.717, 1.165) is 12.2 Å². The molecule has 0 radical (unpaired) electrons. The number of unbranched alkanes of at least 4 members (excludes halogenated alkanes) is 6. The van der Waals surface area contributed by atoms with Crippen LogP contribution in [0.2, 0.25) is 0 Å². The molecule has 7 nitrogen and oxygen atoms in total. The van der Waals surface area contributed by atoms with Crippen LogP contribution in [0.25, 0.3) is 0 Å². The Labute approximate surface area is 150 Å². The highest BCUT2D eigenvalue weighted by Crippen LogP contribution is 2.19. The fourth-order valence-corrected chi connectivity index (χ4v) is 2.24. The third-order valence-corrected chi connectivity index (χ3v) is 3.33. The highest BCUT2D eigenvalue weighted by Gasteiger charge is 1.98. The van der Waals surface area contributed by atoms with Crippen molar-refractivity contribution in [3.05, 3.63) is 29.8 Å². The number of hydrogen-bond donors (Lipinski definition) is 4. The van der Waals surface area contributed by atoms with Gasteiger partial charge in [-0.1, -0.05) is 57.6 Å². The molecule has 0 aromatic heterocycles. The van der Waals surface area contributed by atoms with Crippen LogP contribution >= 0.6 is 7.82 Å². The number of rotatable bonds is 11. The summed E-state index contributed by atoms with van der Waals surface area (Å²) in [7, 11) is -4.89. The third-order valence-electron chi connectivity index (χ3n) is 3.33. The SMILES string of the molecule is CCCCCCCCCc1cccc(OCCO)c1.O=P([O-])(O)O.[NH4+]. The van der Waals surface area contributed by atoms with Gasteiger partial charge in [0.2, 0.25) is 0 Å². The minimum Gasteiger partial charge on any atom is -0.756 e. The Morgan fingerprint density at radius 2 is 1.64 bits per heavy atom. The summed E-state index contributed by atoms with van der Waals surface area (Å²) in [6.07, 6.45) is 10.5. The number of aryl methyl sites for hydroxylation is 1. The zero-order chi connectivity index (χ0) is 18.3. The van der Waals surface area contributed by atoms with Gasteiger partial charge in [0.15, 0.2) is 0 Å². The van der Waals surface area contributed by atoms with Crippen LogP contribution < -0.4 is 15.8 Å². The molecule has 0 spiro atoms. The highest BCUT2D eigenvalue weighted by atomic mass is 31.2. The van der Waals surface area contributed by atoms with Crippen LogP contribution in [-0.2, 0) is 11.0 Å². The summed E-state index contributed by atoms with van der Waals surface area (Å²) in [6, 6.07) is 8.23. The maximum absolute atomic E-state index is 8.77. The highest BCUT2D eigenvalue weighted by molar-refractivity contribution is 7.43. The molecule has 0 unspecified atom stereocenters. The lowest BCUT2D eigenvalue weighted by molar-refractivity contribution is -0.214. The molecule has 7 N–H and O–H groups in total. The lowest BCUT2D eigenvalue weighted by Crippen LogP contribution is -2.01. The van der Waals surface area contributed by atoms with E-state index in [-0.39, 0.29) is 12.8 Å². The minimum atomic E-state index is -4.89. The van der Waals surface area contributed by atoms with Gasteiger partial charge in [-0.2, -0.15) is 0 Å². The molecule has 25 heavy (non-hydrogen) atoms. The summed E-state index contributed by atoms with van der Waals surface area (Å²) in [4.78, 5) is 22.9. The van der Waals surface area contributed by atoms with Crippen LogP contribution in [0.1, 0.15) is 57.4 Å². The van der Waals surface area contributed by atoms with E-state index in [0.29, 0.717) is 6.61 Å². The molecule has 0 fully saturated rings. The molecular formula is C17H34NO6P. The number of quaternary nitrogens is 1. The van der Waals surface area contributed by atoms with Crippen molar-refractivity contribution in [1.82, 2.24) is 6.15 Å². The van der Waals surface area contributed by atoms with E-state index >= 15 is 0 Å².